The molecule has 2 saturated heterocycles. The normalized spacial score (nSPS) is 27.2. The summed E-state index contributed by atoms with van der Waals surface area (Å²) in [4.78, 5) is 83.7. The maximum Gasteiger partial charge on any atom is 0.305 e. The molecule has 0 bridgehead atoms. The number of rotatable bonds is 12. The van der Waals surface area contributed by atoms with Crippen LogP contribution in [0.15, 0.2) is 9.92 Å². The zero-order valence-electron chi connectivity index (χ0n) is 28.4. The fourth-order valence-corrected chi connectivity index (χ4v) is 7.10. The second-order valence-electron chi connectivity index (χ2n) is 10.6. The van der Waals surface area contributed by atoms with E-state index in [1.807, 2.05) is 0 Å². The molecule has 0 amide bonds. The van der Waals surface area contributed by atoms with Crippen LogP contribution in [0.4, 0.5) is 4.39 Å². The van der Waals surface area contributed by atoms with Gasteiger partial charge < -0.3 is 47.4 Å². The molecular weight excluding hydrogens is 731 g/mol. The molecule has 2 aliphatic rings. The summed E-state index contributed by atoms with van der Waals surface area (Å²) < 4.78 is 70.2. The lowest BCUT2D eigenvalue weighted by Gasteiger charge is -2.43. The van der Waals surface area contributed by atoms with E-state index >= 15 is 4.39 Å². The van der Waals surface area contributed by atoms with Gasteiger partial charge in [-0.15, -0.1) is 22.0 Å². The van der Waals surface area contributed by atoms with Gasteiger partial charge in [0.2, 0.25) is 30.7 Å². The highest BCUT2D eigenvalue weighted by atomic mass is 32.2. The van der Waals surface area contributed by atoms with Crippen molar-refractivity contribution in [2.45, 2.75) is 112 Å². The first-order valence-corrected chi connectivity index (χ1v) is 16.6. The first kappa shape index (κ1) is 41.1. The van der Waals surface area contributed by atoms with Crippen LogP contribution >= 0.6 is 23.5 Å². The van der Waals surface area contributed by atoms with Crippen molar-refractivity contribution in [2.24, 2.45) is 0 Å². The molecule has 51 heavy (non-hydrogen) atoms. The van der Waals surface area contributed by atoms with Crippen LogP contribution in [0.2, 0.25) is 0 Å². The van der Waals surface area contributed by atoms with Crippen LogP contribution in [-0.4, -0.2) is 119 Å². The molecule has 2 aliphatic heterocycles. The van der Waals surface area contributed by atoms with Gasteiger partial charge in [-0.3, -0.25) is 33.6 Å². The average Bonchev–Trinajstić information content (AvgIpc) is 2.99. The minimum absolute atomic E-state index is 0.320. The fraction of sp³-hybridized carbons (Fsp3) is 0.621. The molecule has 3 rings (SSSR count). The standard InChI is InChI=1S/C29H35FN2O17S2/c1-10(33)42-19-17(9-41-27(47-15(6)38)21(19)44-12(3)35)50-24-18(30)26(32-31-25(24)40-8)51-29-23(46-14(5)37)20(43-11(2)34)22(45-13(4)36)28(49-29)48-16(7)39/h17,19-23,27-29H,9H2,1-8H3. The van der Waals surface area contributed by atoms with E-state index in [2.05, 4.69) is 10.2 Å². The number of thioether (sulfide) groups is 2. The Bertz CT molecular complexity index is 1520. The molecule has 0 radical (unpaired) electrons. The summed E-state index contributed by atoms with van der Waals surface area (Å²) in [6.07, 6.45) is -10.9. The molecule has 0 aliphatic carbocycles. The number of hydrogen-bond donors (Lipinski definition) is 0. The van der Waals surface area contributed by atoms with Gasteiger partial charge in [0, 0.05) is 48.5 Å². The Labute approximate surface area is 298 Å². The molecule has 9 unspecified atom stereocenters. The van der Waals surface area contributed by atoms with Crippen molar-refractivity contribution < 1.29 is 85.3 Å². The van der Waals surface area contributed by atoms with Crippen molar-refractivity contribution in [1.29, 1.82) is 0 Å². The van der Waals surface area contributed by atoms with Gasteiger partial charge in [0.1, 0.15) is 4.90 Å². The zero-order valence-corrected chi connectivity index (χ0v) is 30.1. The van der Waals surface area contributed by atoms with Crippen LogP contribution in [0.5, 0.6) is 5.88 Å². The third-order valence-electron chi connectivity index (χ3n) is 6.41. The molecule has 1 aromatic rings. The van der Waals surface area contributed by atoms with Crippen LogP contribution in [0.1, 0.15) is 48.5 Å². The van der Waals surface area contributed by atoms with Crippen molar-refractivity contribution in [3.63, 3.8) is 0 Å². The van der Waals surface area contributed by atoms with Crippen molar-refractivity contribution >= 4 is 65.3 Å². The predicted molar refractivity (Wildman–Crippen MR) is 164 cm³/mol. The maximum absolute atomic E-state index is 16.5. The molecule has 0 N–H and O–H groups in total. The number of methoxy groups -OCH3 is 1. The van der Waals surface area contributed by atoms with E-state index in [0.29, 0.717) is 23.5 Å². The predicted octanol–water partition coefficient (Wildman–Crippen LogP) is 1.00. The monoisotopic (exact) mass is 766 g/mol. The van der Waals surface area contributed by atoms with E-state index in [1.54, 1.807) is 0 Å². The summed E-state index contributed by atoms with van der Waals surface area (Å²) in [7, 11) is 1.17. The van der Waals surface area contributed by atoms with Gasteiger partial charge in [-0.05, 0) is 0 Å². The summed E-state index contributed by atoms with van der Waals surface area (Å²) in [6.45, 7) is 6.97. The van der Waals surface area contributed by atoms with E-state index in [0.717, 1.165) is 48.5 Å². The molecule has 0 saturated carbocycles. The van der Waals surface area contributed by atoms with Gasteiger partial charge >= 0.3 is 41.8 Å². The Balaban J connectivity index is 2.07. The Kier molecular flexibility index (Phi) is 14.7. The largest absolute Gasteiger partial charge is 0.479 e. The quantitative estimate of drug-likeness (QED) is 0.213. The highest BCUT2D eigenvalue weighted by molar-refractivity contribution is 8.00. The second kappa shape index (κ2) is 18.3. The maximum atomic E-state index is 16.5. The lowest BCUT2D eigenvalue weighted by molar-refractivity contribution is -0.280. The van der Waals surface area contributed by atoms with E-state index in [4.69, 9.17) is 47.4 Å². The number of ether oxygens (including phenoxy) is 10. The van der Waals surface area contributed by atoms with E-state index in [9.17, 15) is 33.6 Å². The Hall–Kier alpha value is -4.28. The Morgan fingerprint density at radius 2 is 1.06 bits per heavy atom. The van der Waals surface area contributed by atoms with Crippen LogP contribution in [-0.2, 0) is 76.2 Å². The minimum Gasteiger partial charge on any atom is -0.479 e. The Morgan fingerprint density at radius 3 is 1.57 bits per heavy atom. The van der Waals surface area contributed by atoms with Crippen molar-refractivity contribution in [2.75, 3.05) is 13.7 Å². The Morgan fingerprint density at radius 1 is 0.608 bits per heavy atom. The average molecular weight is 767 g/mol. The van der Waals surface area contributed by atoms with Gasteiger partial charge in [-0.2, -0.15) is 0 Å². The summed E-state index contributed by atoms with van der Waals surface area (Å²) in [5, 5.41) is 6.21. The molecule has 2 fully saturated rings. The summed E-state index contributed by atoms with van der Waals surface area (Å²) in [6, 6.07) is 0. The van der Waals surface area contributed by atoms with Crippen LogP contribution in [0.3, 0.4) is 0 Å². The molecule has 22 heteroatoms. The number of halogens is 1. The van der Waals surface area contributed by atoms with Crippen LogP contribution in [0.25, 0.3) is 0 Å². The second-order valence-corrected chi connectivity index (χ2v) is 12.9. The van der Waals surface area contributed by atoms with E-state index < -0.39 is 106 Å². The van der Waals surface area contributed by atoms with Gasteiger partial charge in [0.05, 0.1) is 19.0 Å². The third-order valence-corrected chi connectivity index (χ3v) is 8.81. The summed E-state index contributed by atoms with van der Waals surface area (Å²) in [5.74, 6) is -7.48. The van der Waals surface area contributed by atoms with Gasteiger partial charge in [-0.1, -0.05) is 11.8 Å². The topological polar surface area (TPSA) is 238 Å². The lowest BCUT2D eigenvalue weighted by Crippen LogP contribution is -2.61. The SMILES string of the molecule is COc1nnc(SC2OC(OC(C)=O)C(OC(C)=O)C(OC(C)=O)C2OC(C)=O)c(F)c1SC1COC(OC(C)=O)C(OC(C)=O)C1OC(C)=O. The smallest absolute Gasteiger partial charge is 0.305 e. The first-order chi connectivity index (χ1) is 23.9. The molecule has 0 aromatic carbocycles. The number of aromatic nitrogens is 2. The number of nitrogens with zero attached hydrogens (tertiary/aromatic N) is 2. The molecule has 19 nitrogen and oxygen atoms in total. The van der Waals surface area contributed by atoms with Crippen molar-refractivity contribution in [3.8, 4) is 5.88 Å². The third kappa shape index (κ3) is 11.4. The van der Waals surface area contributed by atoms with Gasteiger partial charge in [0.25, 0.3) is 0 Å². The number of esters is 7. The zero-order chi connectivity index (χ0) is 38.2. The van der Waals surface area contributed by atoms with Gasteiger partial charge in [0.15, 0.2) is 34.6 Å². The van der Waals surface area contributed by atoms with Crippen LogP contribution < -0.4 is 4.74 Å². The van der Waals surface area contributed by atoms with Crippen LogP contribution in [0, 0.1) is 5.82 Å². The summed E-state index contributed by atoms with van der Waals surface area (Å²) in [5.41, 5.74) is -1.55. The van der Waals surface area contributed by atoms with E-state index in [1.165, 1.54) is 7.11 Å². The molecule has 0 spiro atoms. The number of carbonyl (C=O) groups is 7. The molecule has 282 valence electrons. The minimum atomic E-state index is -1.74. The summed E-state index contributed by atoms with van der Waals surface area (Å²) >= 11 is 1.15. The molecule has 9 atom stereocenters. The van der Waals surface area contributed by atoms with Gasteiger partial charge in [-0.25, -0.2) is 4.39 Å². The van der Waals surface area contributed by atoms with Crippen molar-refractivity contribution in [3.05, 3.63) is 5.82 Å². The number of carbonyl (C=O) groups excluding carboxylic acids is 7. The lowest BCUT2D eigenvalue weighted by atomic mass is 10.0. The molecule has 1 aromatic heterocycles. The molecule has 3 heterocycles. The fourth-order valence-electron chi connectivity index (χ4n) is 4.80. The highest BCUT2D eigenvalue weighted by Gasteiger charge is 2.54. The first-order valence-electron chi connectivity index (χ1n) is 14.8. The molecular formula is C29H35FN2O17S2. The highest BCUT2D eigenvalue weighted by Crippen LogP contribution is 2.43. The van der Waals surface area contributed by atoms with E-state index in [-0.39, 0.29) is 17.4 Å². The number of hydrogen-bond acceptors (Lipinski definition) is 21. The van der Waals surface area contributed by atoms with Crippen molar-refractivity contribution in [1.82, 2.24) is 10.2 Å².